The van der Waals surface area contributed by atoms with Gasteiger partial charge in [-0.3, -0.25) is 0 Å². The van der Waals surface area contributed by atoms with E-state index in [-0.39, 0.29) is 4.90 Å². The Morgan fingerprint density at radius 2 is 2.06 bits per heavy atom. The minimum atomic E-state index is -3.84. The lowest BCUT2D eigenvalue weighted by atomic mass is 10.3. The largest absolute Gasteiger partial charge is 0.399 e. The molecule has 0 saturated carbocycles. The minimum absolute atomic E-state index is 0.0411. The van der Waals surface area contributed by atoms with E-state index in [2.05, 4.69) is 5.10 Å². The highest BCUT2D eigenvalue weighted by Gasteiger charge is 2.16. The number of benzene rings is 1. The first kappa shape index (κ1) is 11.6. The third kappa shape index (κ3) is 2.29. The van der Waals surface area contributed by atoms with E-state index in [0.29, 0.717) is 11.4 Å². The normalized spacial score (nSPS) is 11.6. The van der Waals surface area contributed by atoms with Crippen LogP contribution >= 0.6 is 0 Å². The number of aromatic nitrogens is 2. The molecule has 0 unspecified atom stereocenters. The fourth-order valence-corrected chi connectivity index (χ4v) is 2.25. The molecule has 0 fully saturated rings. The predicted octanol–water partition coefficient (Wildman–Crippen LogP) is 0.410. The second kappa shape index (κ2) is 3.86. The lowest BCUT2D eigenvalue weighted by molar-refractivity contribution is 0.596. The van der Waals surface area contributed by atoms with Crippen LogP contribution in [0.4, 0.5) is 5.69 Å². The number of nitrogens with zero attached hydrogens (tertiary/aromatic N) is 2. The van der Waals surface area contributed by atoms with E-state index >= 15 is 0 Å². The molecule has 7 heteroatoms. The van der Waals surface area contributed by atoms with Gasteiger partial charge >= 0.3 is 0 Å². The zero-order chi connectivity index (χ0) is 12.6. The van der Waals surface area contributed by atoms with Crippen molar-refractivity contribution in [2.75, 3.05) is 5.73 Å². The van der Waals surface area contributed by atoms with Gasteiger partial charge in [-0.15, -0.1) is 0 Å². The van der Waals surface area contributed by atoms with E-state index in [1.165, 1.54) is 10.7 Å². The van der Waals surface area contributed by atoms with Crippen molar-refractivity contribution < 1.29 is 8.42 Å². The lowest BCUT2D eigenvalue weighted by Crippen LogP contribution is -2.16. The highest BCUT2D eigenvalue weighted by molar-refractivity contribution is 7.89. The summed E-state index contributed by atoms with van der Waals surface area (Å²) in [5.74, 6) is 0. The number of nitrogens with two attached hydrogens (primary N) is 2. The van der Waals surface area contributed by atoms with Gasteiger partial charge in [0.2, 0.25) is 10.0 Å². The van der Waals surface area contributed by atoms with Crippen LogP contribution in [0.25, 0.3) is 5.69 Å². The van der Waals surface area contributed by atoms with Crippen LogP contribution in [-0.2, 0) is 10.0 Å². The molecule has 0 aliphatic heterocycles. The Labute approximate surface area is 98.9 Å². The van der Waals surface area contributed by atoms with Gasteiger partial charge in [-0.1, -0.05) is 0 Å². The number of anilines is 1. The molecule has 0 saturated heterocycles. The molecule has 0 bridgehead atoms. The number of primary sulfonamides is 1. The molecule has 4 N–H and O–H groups in total. The van der Waals surface area contributed by atoms with Crippen molar-refractivity contribution >= 4 is 15.7 Å². The van der Waals surface area contributed by atoms with E-state index in [1.54, 1.807) is 24.5 Å². The molecular weight excluding hydrogens is 240 g/mol. The summed E-state index contributed by atoms with van der Waals surface area (Å²) in [6.07, 6.45) is 3.34. The summed E-state index contributed by atoms with van der Waals surface area (Å²) in [7, 11) is -3.84. The summed E-state index contributed by atoms with van der Waals surface area (Å²) in [6.45, 7) is 1.86. The molecule has 1 aromatic heterocycles. The highest BCUT2D eigenvalue weighted by atomic mass is 32.2. The molecule has 1 heterocycles. The first-order chi connectivity index (χ1) is 7.88. The van der Waals surface area contributed by atoms with Gasteiger partial charge in [0, 0.05) is 11.9 Å². The van der Waals surface area contributed by atoms with Crippen LogP contribution in [0, 0.1) is 6.92 Å². The molecule has 2 aromatic rings. The van der Waals surface area contributed by atoms with Crippen LogP contribution < -0.4 is 10.9 Å². The summed E-state index contributed by atoms with van der Waals surface area (Å²) in [4.78, 5) is -0.0411. The molecule has 0 aliphatic carbocycles. The molecule has 2 rings (SSSR count). The van der Waals surface area contributed by atoms with Crippen molar-refractivity contribution in [1.82, 2.24) is 9.78 Å². The van der Waals surface area contributed by atoms with E-state index in [4.69, 9.17) is 10.9 Å². The lowest BCUT2D eigenvalue weighted by Gasteiger charge is -2.08. The molecule has 0 amide bonds. The van der Waals surface area contributed by atoms with Gasteiger partial charge in [-0.2, -0.15) is 5.10 Å². The van der Waals surface area contributed by atoms with E-state index in [1.807, 2.05) is 6.92 Å². The quantitative estimate of drug-likeness (QED) is 0.755. The van der Waals surface area contributed by atoms with Gasteiger partial charge in [0.1, 0.15) is 4.90 Å². The van der Waals surface area contributed by atoms with Crippen LogP contribution in [0.2, 0.25) is 0 Å². The molecular formula is C10H12N4O2S. The summed E-state index contributed by atoms with van der Waals surface area (Å²) < 4.78 is 24.4. The number of aryl methyl sites for hydroxylation is 1. The second-order valence-electron chi connectivity index (χ2n) is 3.73. The summed E-state index contributed by atoms with van der Waals surface area (Å²) in [5, 5.41) is 9.19. The predicted molar refractivity (Wildman–Crippen MR) is 64.1 cm³/mol. The van der Waals surface area contributed by atoms with Gasteiger partial charge < -0.3 is 5.73 Å². The Hall–Kier alpha value is -1.86. The van der Waals surface area contributed by atoms with Crippen molar-refractivity contribution in [1.29, 1.82) is 0 Å². The number of hydrogen-bond donors (Lipinski definition) is 2. The van der Waals surface area contributed by atoms with Crippen LogP contribution in [0.1, 0.15) is 5.56 Å². The summed E-state index contributed by atoms with van der Waals surface area (Å²) in [6, 6.07) is 4.49. The van der Waals surface area contributed by atoms with Crippen molar-refractivity contribution in [2.24, 2.45) is 5.14 Å². The summed E-state index contributed by atoms with van der Waals surface area (Å²) >= 11 is 0. The van der Waals surface area contributed by atoms with Gasteiger partial charge in [-0.25, -0.2) is 18.2 Å². The molecule has 17 heavy (non-hydrogen) atoms. The molecule has 0 atom stereocenters. The Morgan fingerprint density at radius 3 is 2.59 bits per heavy atom. The van der Waals surface area contributed by atoms with E-state index < -0.39 is 10.0 Å². The number of nitrogen functional groups attached to an aromatic ring is 1. The van der Waals surface area contributed by atoms with Crippen molar-refractivity contribution in [2.45, 2.75) is 11.8 Å². The Bertz CT molecular complexity index is 661. The van der Waals surface area contributed by atoms with Crippen LogP contribution in [-0.4, -0.2) is 18.2 Å². The van der Waals surface area contributed by atoms with Crippen LogP contribution in [0.3, 0.4) is 0 Å². The highest BCUT2D eigenvalue weighted by Crippen LogP contribution is 2.21. The fourth-order valence-electron chi connectivity index (χ4n) is 1.49. The molecule has 1 aromatic carbocycles. The third-order valence-electron chi connectivity index (χ3n) is 2.25. The Morgan fingerprint density at radius 1 is 1.35 bits per heavy atom. The maximum atomic E-state index is 11.5. The Kier molecular flexibility index (Phi) is 2.64. The van der Waals surface area contributed by atoms with Gasteiger partial charge in [-0.05, 0) is 30.7 Å². The maximum Gasteiger partial charge on any atom is 0.240 e. The van der Waals surface area contributed by atoms with Crippen molar-refractivity contribution in [3.8, 4) is 5.69 Å². The van der Waals surface area contributed by atoms with Gasteiger partial charge in [0.25, 0.3) is 0 Å². The maximum absolute atomic E-state index is 11.5. The number of sulfonamides is 1. The molecule has 90 valence electrons. The van der Waals surface area contributed by atoms with Gasteiger partial charge in [0.15, 0.2) is 0 Å². The van der Waals surface area contributed by atoms with Crippen LogP contribution in [0.15, 0.2) is 35.5 Å². The average molecular weight is 252 g/mol. The van der Waals surface area contributed by atoms with Gasteiger partial charge in [0.05, 0.1) is 11.9 Å². The zero-order valence-corrected chi connectivity index (χ0v) is 9.98. The Balaban J connectivity index is 2.70. The van der Waals surface area contributed by atoms with E-state index in [0.717, 1.165) is 5.56 Å². The number of rotatable bonds is 2. The minimum Gasteiger partial charge on any atom is -0.399 e. The fraction of sp³-hybridized carbons (Fsp3) is 0.100. The smallest absolute Gasteiger partial charge is 0.240 e. The topological polar surface area (TPSA) is 104 Å². The van der Waals surface area contributed by atoms with Crippen molar-refractivity contribution in [3.63, 3.8) is 0 Å². The monoisotopic (exact) mass is 252 g/mol. The second-order valence-corrected chi connectivity index (χ2v) is 5.26. The van der Waals surface area contributed by atoms with Crippen LogP contribution in [0.5, 0.6) is 0 Å². The van der Waals surface area contributed by atoms with Crippen molar-refractivity contribution in [3.05, 3.63) is 36.2 Å². The molecule has 0 aliphatic rings. The van der Waals surface area contributed by atoms with E-state index in [9.17, 15) is 8.42 Å². The first-order valence-electron chi connectivity index (χ1n) is 4.82. The molecule has 0 radical (unpaired) electrons. The SMILES string of the molecule is Cc1cnn(-c2ccc(N)cc2S(N)(=O)=O)c1. The average Bonchev–Trinajstić information content (AvgIpc) is 2.63. The molecule has 6 nitrogen and oxygen atoms in total. The standard InChI is InChI=1S/C10H12N4O2S/c1-7-5-13-14(6-7)9-3-2-8(11)4-10(9)17(12,15)16/h2-6H,11H2,1H3,(H2,12,15,16). The zero-order valence-electron chi connectivity index (χ0n) is 9.16. The summed E-state index contributed by atoms with van der Waals surface area (Å²) in [5.41, 5.74) is 7.20. The number of hydrogen-bond acceptors (Lipinski definition) is 4. The molecule has 0 spiro atoms. The third-order valence-corrected chi connectivity index (χ3v) is 3.19. The first-order valence-corrected chi connectivity index (χ1v) is 6.36.